The highest BCUT2D eigenvalue weighted by Gasteiger charge is 2.29. The predicted molar refractivity (Wildman–Crippen MR) is 118 cm³/mol. The molecule has 1 fully saturated rings. The molecule has 0 saturated heterocycles. The molecule has 1 aliphatic rings. The maximum Gasteiger partial charge on any atom is 0.230 e. The van der Waals surface area contributed by atoms with E-state index in [9.17, 15) is 4.79 Å². The molecular formula is C23H26N4O2S. The molecule has 156 valence electrons. The number of hydrogen-bond donors (Lipinski definition) is 1. The minimum Gasteiger partial charge on any atom is -0.485 e. The summed E-state index contributed by atoms with van der Waals surface area (Å²) in [5, 5.41) is 12.5. The van der Waals surface area contributed by atoms with E-state index in [0.29, 0.717) is 22.7 Å². The summed E-state index contributed by atoms with van der Waals surface area (Å²) in [6.45, 7) is 4.38. The number of amides is 1. The van der Waals surface area contributed by atoms with Crippen LogP contribution in [0.2, 0.25) is 0 Å². The third-order valence-corrected chi connectivity index (χ3v) is 6.14. The Morgan fingerprint density at radius 2 is 1.90 bits per heavy atom. The number of rotatable bonds is 9. The summed E-state index contributed by atoms with van der Waals surface area (Å²) in [4.78, 5) is 12.3. The van der Waals surface area contributed by atoms with Crippen LogP contribution in [0.3, 0.4) is 0 Å². The molecule has 1 aromatic heterocycles. The van der Waals surface area contributed by atoms with Gasteiger partial charge in [-0.2, -0.15) is 0 Å². The Bertz CT molecular complexity index is 1000. The number of benzene rings is 2. The highest BCUT2D eigenvalue weighted by Crippen LogP contribution is 2.32. The van der Waals surface area contributed by atoms with E-state index in [1.54, 1.807) is 0 Å². The van der Waals surface area contributed by atoms with Crippen LogP contribution in [0.4, 0.5) is 0 Å². The molecule has 1 N–H and O–H groups in total. The van der Waals surface area contributed by atoms with E-state index in [1.807, 2.05) is 66.1 Å². The number of ether oxygens (including phenoxy) is 1. The summed E-state index contributed by atoms with van der Waals surface area (Å²) in [7, 11) is 0. The van der Waals surface area contributed by atoms with Gasteiger partial charge in [-0.15, -0.1) is 10.2 Å². The van der Waals surface area contributed by atoms with Crippen LogP contribution in [0.1, 0.15) is 31.2 Å². The fourth-order valence-corrected chi connectivity index (χ4v) is 4.11. The lowest BCUT2D eigenvalue weighted by Gasteiger charge is -2.13. The summed E-state index contributed by atoms with van der Waals surface area (Å²) < 4.78 is 7.96. The van der Waals surface area contributed by atoms with E-state index in [-0.39, 0.29) is 18.6 Å². The van der Waals surface area contributed by atoms with Gasteiger partial charge in [-0.1, -0.05) is 48.2 Å². The number of carbonyl (C=O) groups is 1. The molecule has 1 heterocycles. The van der Waals surface area contributed by atoms with Crippen molar-refractivity contribution in [2.45, 2.75) is 44.5 Å². The molecule has 0 bridgehead atoms. The highest BCUT2D eigenvalue weighted by molar-refractivity contribution is 7.99. The molecule has 1 amide bonds. The van der Waals surface area contributed by atoms with Gasteiger partial charge >= 0.3 is 0 Å². The second kappa shape index (κ2) is 9.34. The zero-order valence-electron chi connectivity index (χ0n) is 17.2. The Kier molecular flexibility index (Phi) is 6.38. The summed E-state index contributed by atoms with van der Waals surface area (Å²) >= 11 is 1.39. The van der Waals surface area contributed by atoms with Crippen LogP contribution in [0.25, 0.3) is 5.69 Å². The molecule has 1 atom stereocenters. The molecular weight excluding hydrogens is 396 g/mol. The van der Waals surface area contributed by atoms with Gasteiger partial charge in [0, 0.05) is 11.7 Å². The van der Waals surface area contributed by atoms with Crippen molar-refractivity contribution in [3.05, 3.63) is 66.0 Å². The van der Waals surface area contributed by atoms with Crippen LogP contribution < -0.4 is 10.1 Å². The number of thioether (sulfide) groups is 1. The van der Waals surface area contributed by atoms with Crippen molar-refractivity contribution in [2.24, 2.45) is 5.92 Å². The van der Waals surface area contributed by atoms with Gasteiger partial charge in [0.2, 0.25) is 5.91 Å². The van der Waals surface area contributed by atoms with Gasteiger partial charge < -0.3 is 10.1 Å². The number of para-hydroxylation sites is 2. The number of aryl methyl sites for hydroxylation is 1. The molecule has 1 aliphatic carbocycles. The van der Waals surface area contributed by atoms with E-state index >= 15 is 0 Å². The molecule has 0 spiro atoms. The normalized spacial score (nSPS) is 14.3. The summed E-state index contributed by atoms with van der Waals surface area (Å²) in [6, 6.07) is 18.0. The summed E-state index contributed by atoms with van der Waals surface area (Å²) in [6.07, 6.45) is 2.42. The first-order chi connectivity index (χ1) is 14.6. The molecule has 1 saturated carbocycles. The Balaban J connectivity index is 1.49. The van der Waals surface area contributed by atoms with Gasteiger partial charge in [-0.05, 0) is 56.4 Å². The average Bonchev–Trinajstić information content (AvgIpc) is 3.53. The van der Waals surface area contributed by atoms with Crippen molar-refractivity contribution >= 4 is 17.7 Å². The van der Waals surface area contributed by atoms with Crippen molar-refractivity contribution in [1.82, 2.24) is 20.1 Å². The number of aromatic nitrogens is 3. The molecule has 7 heteroatoms. The zero-order chi connectivity index (χ0) is 20.9. The van der Waals surface area contributed by atoms with Crippen molar-refractivity contribution in [2.75, 3.05) is 5.75 Å². The van der Waals surface area contributed by atoms with E-state index < -0.39 is 0 Å². The van der Waals surface area contributed by atoms with Crippen molar-refractivity contribution in [1.29, 1.82) is 0 Å². The quantitative estimate of drug-likeness (QED) is 0.525. The molecule has 0 unspecified atom stereocenters. The van der Waals surface area contributed by atoms with Crippen LogP contribution in [0.5, 0.6) is 5.75 Å². The summed E-state index contributed by atoms with van der Waals surface area (Å²) in [5.74, 6) is 2.49. The highest BCUT2D eigenvalue weighted by atomic mass is 32.2. The molecule has 0 radical (unpaired) electrons. The Hall–Kier alpha value is -2.80. The van der Waals surface area contributed by atoms with Gasteiger partial charge in [-0.25, -0.2) is 0 Å². The van der Waals surface area contributed by atoms with Gasteiger partial charge in [-0.3, -0.25) is 9.36 Å². The number of nitrogens with zero attached hydrogens (tertiary/aromatic N) is 3. The van der Waals surface area contributed by atoms with Crippen molar-refractivity contribution in [3.63, 3.8) is 0 Å². The topological polar surface area (TPSA) is 69.0 Å². The maximum atomic E-state index is 12.3. The fraction of sp³-hybridized carbons (Fsp3) is 0.348. The van der Waals surface area contributed by atoms with Crippen LogP contribution >= 0.6 is 11.8 Å². The smallest absolute Gasteiger partial charge is 0.230 e. The molecule has 0 aliphatic heterocycles. The standard InChI is InChI=1S/C23H26N4O2S/c1-16-8-6-7-11-20(16)29-14-21-25-26-23(27(21)19-9-4-3-5-10-19)30-15-22(28)24-17(2)18-12-13-18/h3-11,17-18H,12-15H2,1-2H3,(H,24,28)/t17-/m0/s1. The first-order valence-electron chi connectivity index (χ1n) is 10.2. The second-order valence-electron chi connectivity index (χ2n) is 7.61. The van der Waals surface area contributed by atoms with Gasteiger partial charge in [0.15, 0.2) is 11.0 Å². The third-order valence-electron chi connectivity index (χ3n) is 5.22. The molecule has 6 nitrogen and oxygen atoms in total. The lowest BCUT2D eigenvalue weighted by molar-refractivity contribution is -0.119. The summed E-state index contributed by atoms with van der Waals surface area (Å²) in [5.41, 5.74) is 2.01. The first-order valence-corrected chi connectivity index (χ1v) is 11.2. The first kappa shape index (κ1) is 20.5. The molecule has 3 aromatic rings. The largest absolute Gasteiger partial charge is 0.485 e. The minimum absolute atomic E-state index is 0.0275. The number of nitrogens with one attached hydrogen (secondary N) is 1. The number of carbonyl (C=O) groups excluding carboxylic acids is 1. The van der Waals surface area contributed by atoms with Crippen LogP contribution in [0.15, 0.2) is 59.8 Å². The van der Waals surface area contributed by atoms with Gasteiger partial charge in [0.05, 0.1) is 5.75 Å². The third kappa shape index (κ3) is 5.02. The van der Waals surface area contributed by atoms with Crippen LogP contribution in [0, 0.1) is 12.8 Å². The monoisotopic (exact) mass is 422 g/mol. The SMILES string of the molecule is Cc1ccccc1OCc1nnc(SCC(=O)N[C@@H](C)C2CC2)n1-c1ccccc1. The van der Waals surface area contributed by atoms with Gasteiger partial charge in [0.25, 0.3) is 0 Å². The van der Waals surface area contributed by atoms with Gasteiger partial charge in [0.1, 0.15) is 12.4 Å². The van der Waals surface area contributed by atoms with Crippen LogP contribution in [-0.2, 0) is 11.4 Å². The molecule has 30 heavy (non-hydrogen) atoms. The van der Waals surface area contributed by atoms with Crippen LogP contribution in [-0.4, -0.2) is 32.5 Å². The molecule has 4 rings (SSSR count). The zero-order valence-corrected chi connectivity index (χ0v) is 18.1. The van der Waals surface area contributed by atoms with Crippen molar-refractivity contribution < 1.29 is 9.53 Å². The number of hydrogen-bond acceptors (Lipinski definition) is 5. The van der Waals surface area contributed by atoms with E-state index in [4.69, 9.17) is 4.74 Å². The maximum absolute atomic E-state index is 12.3. The van der Waals surface area contributed by atoms with E-state index in [1.165, 1.54) is 24.6 Å². The Morgan fingerprint density at radius 1 is 1.17 bits per heavy atom. The minimum atomic E-state index is 0.0275. The average molecular weight is 423 g/mol. The second-order valence-corrected chi connectivity index (χ2v) is 8.55. The Morgan fingerprint density at radius 3 is 2.63 bits per heavy atom. The molecule has 2 aromatic carbocycles. The van der Waals surface area contributed by atoms with E-state index in [0.717, 1.165) is 17.0 Å². The van der Waals surface area contributed by atoms with Crippen molar-refractivity contribution in [3.8, 4) is 11.4 Å². The Labute approximate surface area is 181 Å². The lowest BCUT2D eigenvalue weighted by Crippen LogP contribution is -2.35. The lowest BCUT2D eigenvalue weighted by atomic mass is 10.2. The predicted octanol–water partition coefficient (Wildman–Crippen LogP) is 4.16. The van der Waals surface area contributed by atoms with E-state index in [2.05, 4.69) is 22.4 Å². The fourth-order valence-electron chi connectivity index (χ4n) is 3.32.